The first-order valence-electron chi connectivity index (χ1n) is 5.63. The summed E-state index contributed by atoms with van der Waals surface area (Å²) in [5, 5.41) is 0. The molecule has 17 heavy (non-hydrogen) atoms. The predicted octanol–water partition coefficient (Wildman–Crippen LogP) is 2.36. The molecular weight excluding hydrogens is 252 g/mol. The number of carbonyl (C=O) groups excluding carboxylic acids is 1. The maximum atomic E-state index is 11.9. The standard InChI is InChI=1S/C12H16N2OS2/c1-8(7-9-5-4-6-13(9)2)10-11(15)14(3)12(16)17-10/h7H,4-6H2,1-3H3/b9-7+,10-8+. The first kappa shape index (κ1) is 12.6. The van der Waals surface area contributed by atoms with Gasteiger partial charge in [0, 0.05) is 26.3 Å². The predicted molar refractivity (Wildman–Crippen MR) is 75.6 cm³/mol. The van der Waals surface area contributed by atoms with Crippen molar-refractivity contribution in [1.82, 2.24) is 9.80 Å². The van der Waals surface area contributed by atoms with Crippen LogP contribution in [0.4, 0.5) is 0 Å². The van der Waals surface area contributed by atoms with Crippen molar-refractivity contribution < 1.29 is 4.79 Å². The van der Waals surface area contributed by atoms with Crippen molar-refractivity contribution in [3.8, 4) is 0 Å². The summed E-state index contributed by atoms with van der Waals surface area (Å²) in [7, 11) is 3.82. The monoisotopic (exact) mass is 268 g/mol. The highest BCUT2D eigenvalue weighted by Crippen LogP contribution is 2.33. The molecule has 92 valence electrons. The lowest BCUT2D eigenvalue weighted by Gasteiger charge is -2.12. The van der Waals surface area contributed by atoms with Gasteiger partial charge in [-0.25, -0.2) is 0 Å². The molecule has 0 aromatic carbocycles. The average molecular weight is 268 g/mol. The Bertz CT molecular complexity index is 440. The molecule has 0 aromatic rings. The van der Waals surface area contributed by atoms with Crippen molar-refractivity contribution in [2.24, 2.45) is 0 Å². The topological polar surface area (TPSA) is 23.6 Å². The molecule has 2 saturated heterocycles. The third-order valence-electron chi connectivity index (χ3n) is 3.12. The molecule has 0 radical (unpaired) electrons. The lowest BCUT2D eigenvalue weighted by molar-refractivity contribution is -0.121. The minimum atomic E-state index is 0.0231. The molecule has 0 N–H and O–H groups in total. The molecule has 5 heteroatoms. The van der Waals surface area contributed by atoms with E-state index in [4.69, 9.17) is 12.2 Å². The highest BCUT2D eigenvalue weighted by molar-refractivity contribution is 8.26. The fourth-order valence-electron chi connectivity index (χ4n) is 2.01. The van der Waals surface area contributed by atoms with Crippen LogP contribution < -0.4 is 0 Å². The second-order valence-electron chi connectivity index (χ2n) is 4.41. The number of thiocarbonyl (C=S) groups is 1. The van der Waals surface area contributed by atoms with Crippen LogP contribution in [0.15, 0.2) is 22.3 Å². The number of amides is 1. The van der Waals surface area contributed by atoms with Crippen LogP contribution in [0.3, 0.4) is 0 Å². The van der Waals surface area contributed by atoms with Gasteiger partial charge in [0.25, 0.3) is 5.91 Å². The van der Waals surface area contributed by atoms with Gasteiger partial charge in [0.1, 0.15) is 4.32 Å². The number of hydrogen-bond acceptors (Lipinski definition) is 4. The van der Waals surface area contributed by atoms with Gasteiger partial charge < -0.3 is 4.90 Å². The Hall–Kier alpha value is -0.810. The van der Waals surface area contributed by atoms with E-state index in [1.165, 1.54) is 28.8 Å². The van der Waals surface area contributed by atoms with Crippen LogP contribution in [0.2, 0.25) is 0 Å². The van der Waals surface area contributed by atoms with E-state index in [0.29, 0.717) is 4.32 Å². The van der Waals surface area contributed by atoms with E-state index in [2.05, 4.69) is 18.0 Å². The number of allylic oxidation sites excluding steroid dienone is 3. The molecule has 2 aliphatic heterocycles. The van der Waals surface area contributed by atoms with Crippen LogP contribution in [0.25, 0.3) is 0 Å². The van der Waals surface area contributed by atoms with Gasteiger partial charge in [0.05, 0.1) is 4.91 Å². The maximum absolute atomic E-state index is 11.9. The molecule has 0 aliphatic carbocycles. The molecule has 0 atom stereocenters. The van der Waals surface area contributed by atoms with Crippen molar-refractivity contribution in [3.63, 3.8) is 0 Å². The number of hydrogen-bond donors (Lipinski definition) is 0. The Morgan fingerprint density at radius 1 is 1.47 bits per heavy atom. The first-order chi connectivity index (χ1) is 8.00. The normalized spacial score (nSPS) is 26.4. The van der Waals surface area contributed by atoms with Gasteiger partial charge in [-0.1, -0.05) is 24.0 Å². The van der Waals surface area contributed by atoms with Crippen LogP contribution >= 0.6 is 24.0 Å². The summed E-state index contributed by atoms with van der Waals surface area (Å²) in [6.07, 6.45) is 4.42. The van der Waals surface area contributed by atoms with E-state index in [1.807, 2.05) is 6.92 Å². The minimum absolute atomic E-state index is 0.0231. The molecule has 2 heterocycles. The van der Waals surface area contributed by atoms with E-state index in [1.54, 1.807) is 7.05 Å². The molecule has 2 aliphatic rings. The van der Waals surface area contributed by atoms with E-state index in [-0.39, 0.29) is 5.91 Å². The van der Waals surface area contributed by atoms with Crippen molar-refractivity contribution in [2.45, 2.75) is 19.8 Å². The summed E-state index contributed by atoms with van der Waals surface area (Å²) in [5.41, 5.74) is 2.33. The number of likely N-dealkylation sites (tertiary alicyclic amines) is 1. The number of likely N-dealkylation sites (N-methyl/N-ethyl adjacent to an activating group) is 1. The van der Waals surface area contributed by atoms with Gasteiger partial charge in [0.15, 0.2) is 0 Å². The molecule has 0 aromatic heterocycles. The van der Waals surface area contributed by atoms with E-state index < -0.39 is 0 Å². The Morgan fingerprint density at radius 3 is 2.65 bits per heavy atom. The quantitative estimate of drug-likeness (QED) is 0.538. The lowest BCUT2D eigenvalue weighted by atomic mass is 10.2. The first-order valence-corrected chi connectivity index (χ1v) is 6.85. The summed E-state index contributed by atoms with van der Waals surface area (Å²) in [4.78, 5) is 16.5. The summed E-state index contributed by atoms with van der Waals surface area (Å²) < 4.78 is 0.641. The maximum Gasteiger partial charge on any atom is 0.266 e. The highest BCUT2D eigenvalue weighted by atomic mass is 32.2. The summed E-state index contributed by atoms with van der Waals surface area (Å²) in [6.45, 7) is 3.09. The third kappa shape index (κ3) is 2.40. The molecule has 2 rings (SSSR count). The van der Waals surface area contributed by atoms with Crippen molar-refractivity contribution in [3.05, 3.63) is 22.3 Å². The van der Waals surface area contributed by atoms with E-state index >= 15 is 0 Å². The summed E-state index contributed by atoms with van der Waals surface area (Å²) in [6, 6.07) is 0. The molecule has 0 spiro atoms. The van der Waals surface area contributed by atoms with Gasteiger partial charge in [-0.15, -0.1) is 0 Å². The molecule has 2 fully saturated rings. The lowest BCUT2D eigenvalue weighted by Crippen LogP contribution is -2.22. The van der Waals surface area contributed by atoms with Crippen LogP contribution in [-0.2, 0) is 4.79 Å². The van der Waals surface area contributed by atoms with E-state index in [9.17, 15) is 4.79 Å². The van der Waals surface area contributed by atoms with Crippen molar-refractivity contribution in [2.75, 3.05) is 20.6 Å². The van der Waals surface area contributed by atoms with Gasteiger partial charge in [0.2, 0.25) is 0 Å². The Labute approximate surface area is 112 Å². The van der Waals surface area contributed by atoms with Crippen LogP contribution in [0, 0.1) is 0 Å². The van der Waals surface area contributed by atoms with Crippen LogP contribution in [0.5, 0.6) is 0 Å². The number of rotatable bonds is 1. The zero-order chi connectivity index (χ0) is 12.6. The SMILES string of the molecule is CC(/C=C1\CCCN1C)=C1\SC(=S)N(C)C1=O. The average Bonchev–Trinajstić information content (AvgIpc) is 2.79. The van der Waals surface area contributed by atoms with Crippen molar-refractivity contribution >= 4 is 34.2 Å². The second-order valence-corrected chi connectivity index (χ2v) is 6.05. The zero-order valence-corrected chi connectivity index (χ0v) is 12.0. The third-order valence-corrected chi connectivity index (χ3v) is 4.79. The molecule has 0 unspecified atom stereocenters. The molecular formula is C12H16N2OS2. The van der Waals surface area contributed by atoms with Gasteiger partial charge in [-0.2, -0.15) is 0 Å². The largest absolute Gasteiger partial charge is 0.378 e. The number of thioether (sulfide) groups is 1. The minimum Gasteiger partial charge on any atom is -0.378 e. The number of nitrogens with zero attached hydrogens (tertiary/aromatic N) is 2. The van der Waals surface area contributed by atoms with Crippen molar-refractivity contribution in [1.29, 1.82) is 0 Å². The smallest absolute Gasteiger partial charge is 0.266 e. The Morgan fingerprint density at radius 2 is 2.18 bits per heavy atom. The zero-order valence-electron chi connectivity index (χ0n) is 10.3. The fraction of sp³-hybridized carbons (Fsp3) is 0.500. The van der Waals surface area contributed by atoms with Crippen LogP contribution in [0.1, 0.15) is 19.8 Å². The Balaban J connectivity index is 2.27. The summed E-state index contributed by atoms with van der Waals surface area (Å²) >= 11 is 6.52. The Kier molecular flexibility index (Phi) is 3.58. The molecule has 3 nitrogen and oxygen atoms in total. The van der Waals surface area contributed by atoms with Gasteiger partial charge >= 0.3 is 0 Å². The summed E-state index contributed by atoms with van der Waals surface area (Å²) in [5.74, 6) is 0.0231. The second kappa shape index (κ2) is 4.82. The molecule has 1 amide bonds. The highest BCUT2D eigenvalue weighted by Gasteiger charge is 2.30. The molecule has 0 saturated carbocycles. The molecule has 0 bridgehead atoms. The van der Waals surface area contributed by atoms with Crippen LogP contribution in [-0.4, -0.2) is 40.7 Å². The fourth-order valence-corrected chi connectivity index (χ4v) is 3.18. The van der Waals surface area contributed by atoms with Gasteiger partial charge in [-0.05, 0) is 31.4 Å². The number of carbonyl (C=O) groups is 1. The van der Waals surface area contributed by atoms with E-state index in [0.717, 1.165) is 23.4 Å². The van der Waals surface area contributed by atoms with Gasteiger partial charge in [-0.3, -0.25) is 9.69 Å².